The molecular formula is C13H16N2OS. The van der Waals surface area contributed by atoms with Gasteiger partial charge in [0.05, 0.1) is 17.2 Å². The summed E-state index contributed by atoms with van der Waals surface area (Å²) in [5.74, 6) is 0. The van der Waals surface area contributed by atoms with Crippen LogP contribution in [0.2, 0.25) is 0 Å². The van der Waals surface area contributed by atoms with Gasteiger partial charge in [-0.05, 0) is 18.1 Å². The molecule has 1 atom stereocenters. The molecule has 1 N–H and O–H groups in total. The Morgan fingerprint density at radius 2 is 2.18 bits per heavy atom. The number of rotatable bonds is 4. The summed E-state index contributed by atoms with van der Waals surface area (Å²) >= 11 is 1.64. The number of hydrogen-bond acceptors (Lipinski definition) is 3. The third-order valence-electron chi connectivity index (χ3n) is 2.57. The highest BCUT2D eigenvalue weighted by Crippen LogP contribution is 2.33. The van der Waals surface area contributed by atoms with Crippen LogP contribution in [0.4, 0.5) is 0 Å². The first-order valence-corrected chi connectivity index (χ1v) is 6.46. The average molecular weight is 248 g/mol. The molecule has 0 saturated carbocycles. The van der Waals surface area contributed by atoms with Gasteiger partial charge in [0.2, 0.25) is 0 Å². The normalized spacial score (nSPS) is 12.6. The molecule has 0 spiro atoms. The minimum atomic E-state index is -0.393. The number of nitrogens with zero attached hydrogens (tertiary/aromatic N) is 2. The van der Waals surface area contributed by atoms with E-state index in [1.54, 1.807) is 16.4 Å². The van der Waals surface area contributed by atoms with Crippen LogP contribution in [-0.4, -0.2) is 14.9 Å². The lowest BCUT2D eigenvalue weighted by Crippen LogP contribution is -1.96. The zero-order valence-electron chi connectivity index (χ0n) is 10.00. The van der Waals surface area contributed by atoms with Crippen LogP contribution in [0.25, 0.3) is 0 Å². The molecule has 0 aliphatic carbocycles. The van der Waals surface area contributed by atoms with Gasteiger partial charge in [-0.1, -0.05) is 36.9 Å². The van der Waals surface area contributed by atoms with Crippen molar-refractivity contribution >= 4 is 11.8 Å². The highest BCUT2D eigenvalue weighted by molar-refractivity contribution is 7.99. The molecule has 0 unspecified atom stereocenters. The van der Waals surface area contributed by atoms with Crippen molar-refractivity contribution in [3.63, 3.8) is 0 Å². The molecule has 4 heteroatoms. The highest BCUT2D eigenvalue weighted by Gasteiger charge is 2.11. The quantitative estimate of drug-likeness (QED) is 0.904. The van der Waals surface area contributed by atoms with Crippen molar-refractivity contribution in [3.8, 4) is 0 Å². The minimum Gasteiger partial charge on any atom is -0.388 e. The maximum absolute atomic E-state index is 9.96. The maximum Gasteiger partial charge on any atom is 0.0798 e. The standard InChI is InChI=1S/C13H16N2OS/c1-3-12(16)11-6-4-5-7-13(11)17-10-8-14-15(2)9-10/h4-9,12,16H,3H2,1-2H3/t12-/m0/s1. The number of aliphatic hydroxyl groups is 1. The number of aryl methyl sites for hydroxylation is 1. The Balaban J connectivity index is 2.26. The second-order valence-electron chi connectivity index (χ2n) is 3.91. The summed E-state index contributed by atoms with van der Waals surface area (Å²) in [7, 11) is 1.90. The molecule has 1 aromatic heterocycles. The fraction of sp³-hybridized carbons (Fsp3) is 0.308. The molecule has 0 bridgehead atoms. The van der Waals surface area contributed by atoms with E-state index in [9.17, 15) is 5.11 Å². The van der Waals surface area contributed by atoms with E-state index in [1.165, 1.54) is 0 Å². The summed E-state index contributed by atoms with van der Waals surface area (Å²) in [6.07, 6.45) is 4.14. The average Bonchev–Trinajstić information content (AvgIpc) is 2.74. The van der Waals surface area contributed by atoms with Crippen molar-refractivity contribution in [2.24, 2.45) is 7.05 Å². The van der Waals surface area contributed by atoms with Gasteiger partial charge < -0.3 is 5.11 Å². The Morgan fingerprint density at radius 3 is 2.82 bits per heavy atom. The largest absolute Gasteiger partial charge is 0.388 e. The summed E-state index contributed by atoms with van der Waals surface area (Å²) in [6, 6.07) is 7.96. The molecule has 0 saturated heterocycles. The van der Waals surface area contributed by atoms with Gasteiger partial charge in [-0.25, -0.2) is 0 Å². The molecule has 3 nitrogen and oxygen atoms in total. The first-order chi connectivity index (χ1) is 8.20. The number of hydrogen-bond donors (Lipinski definition) is 1. The van der Waals surface area contributed by atoms with E-state index in [4.69, 9.17) is 0 Å². The summed E-state index contributed by atoms with van der Waals surface area (Å²) in [5.41, 5.74) is 0.990. The molecule has 17 heavy (non-hydrogen) atoms. The molecule has 0 amide bonds. The van der Waals surface area contributed by atoms with Gasteiger partial charge in [0.1, 0.15) is 0 Å². The highest BCUT2D eigenvalue weighted by atomic mass is 32.2. The lowest BCUT2D eigenvalue weighted by atomic mass is 10.1. The van der Waals surface area contributed by atoms with Crippen LogP contribution >= 0.6 is 11.8 Å². The van der Waals surface area contributed by atoms with Crippen LogP contribution in [0, 0.1) is 0 Å². The van der Waals surface area contributed by atoms with Crippen LogP contribution in [0.5, 0.6) is 0 Å². The van der Waals surface area contributed by atoms with Gasteiger partial charge in [0.25, 0.3) is 0 Å². The minimum absolute atomic E-state index is 0.393. The van der Waals surface area contributed by atoms with Gasteiger partial charge >= 0.3 is 0 Å². The first-order valence-electron chi connectivity index (χ1n) is 5.64. The van der Waals surface area contributed by atoms with Crippen molar-refractivity contribution in [1.82, 2.24) is 9.78 Å². The molecule has 0 aliphatic heterocycles. The first kappa shape index (κ1) is 12.2. The summed E-state index contributed by atoms with van der Waals surface area (Å²) in [4.78, 5) is 2.18. The summed E-state index contributed by atoms with van der Waals surface area (Å²) in [6.45, 7) is 1.98. The van der Waals surface area contributed by atoms with Gasteiger partial charge in [-0.3, -0.25) is 4.68 Å². The molecule has 0 radical (unpaired) electrons. The van der Waals surface area contributed by atoms with Crippen LogP contribution in [0.15, 0.2) is 46.5 Å². The zero-order valence-corrected chi connectivity index (χ0v) is 10.8. The third-order valence-corrected chi connectivity index (χ3v) is 3.61. The Kier molecular flexibility index (Phi) is 3.86. The lowest BCUT2D eigenvalue weighted by Gasteiger charge is -2.12. The topological polar surface area (TPSA) is 38.1 Å². The van der Waals surface area contributed by atoms with Crippen LogP contribution in [0.1, 0.15) is 25.0 Å². The number of aromatic nitrogens is 2. The zero-order chi connectivity index (χ0) is 12.3. The molecule has 1 heterocycles. The van der Waals surface area contributed by atoms with Gasteiger partial charge in [0, 0.05) is 18.1 Å². The van der Waals surface area contributed by atoms with Crippen LogP contribution in [-0.2, 0) is 7.05 Å². The van der Waals surface area contributed by atoms with E-state index in [1.807, 2.05) is 50.6 Å². The number of aliphatic hydroxyl groups excluding tert-OH is 1. The van der Waals surface area contributed by atoms with Gasteiger partial charge in [-0.2, -0.15) is 5.10 Å². The van der Waals surface area contributed by atoms with Crippen molar-refractivity contribution in [2.75, 3.05) is 0 Å². The van der Waals surface area contributed by atoms with Crippen molar-refractivity contribution in [2.45, 2.75) is 29.2 Å². The molecule has 90 valence electrons. The van der Waals surface area contributed by atoms with E-state index >= 15 is 0 Å². The van der Waals surface area contributed by atoms with Crippen molar-refractivity contribution in [3.05, 3.63) is 42.2 Å². The monoisotopic (exact) mass is 248 g/mol. The molecular weight excluding hydrogens is 232 g/mol. The van der Waals surface area contributed by atoms with Crippen LogP contribution < -0.4 is 0 Å². The fourth-order valence-electron chi connectivity index (χ4n) is 1.65. The van der Waals surface area contributed by atoms with E-state index in [0.29, 0.717) is 0 Å². The summed E-state index contributed by atoms with van der Waals surface area (Å²) in [5, 5.41) is 14.1. The molecule has 0 fully saturated rings. The fourth-order valence-corrected chi connectivity index (χ4v) is 2.67. The Morgan fingerprint density at radius 1 is 1.41 bits per heavy atom. The van der Waals surface area contributed by atoms with Gasteiger partial charge in [-0.15, -0.1) is 0 Å². The van der Waals surface area contributed by atoms with Crippen LogP contribution in [0.3, 0.4) is 0 Å². The van der Waals surface area contributed by atoms with Crippen molar-refractivity contribution in [1.29, 1.82) is 0 Å². The molecule has 0 aliphatic rings. The Bertz CT molecular complexity index is 496. The molecule has 2 rings (SSSR count). The van der Waals surface area contributed by atoms with E-state index < -0.39 is 6.10 Å². The lowest BCUT2D eigenvalue weighted by molar-refractivity contribution is 0.171. The predicted octanol–water partition coefficient (Wildman–Crippen LogP) is 3.01. The Hall–Kier alpha value is -1.26. The second-order valence-corrected chi connectivity index (χ2v) is 5.03. The smallest absolute Gasteiger partial charge is 0.0798 e. The SMILES string of the molecule is CC[C@H](O)c1ccccc1Sc1cnn(C)c1. The Labute approximate surface area is 105 Å². The van der Waals surface area contributed by atoms with Crippen molar-refractivity contribution < 1.29 is 5.11 Å². The number of benzene rings is 1. The summed E-state index contributed by atoms with van der Waals surface area (Å²) < 4.78 is 1.78. The maximum atomic E-state index is 9.96. The van der Waals surface area contributed by atoms with E-state index in [2.05, 4.69) is 5.10 Å². The predicted molar refractivity (Wildman–Crippen MR) is 69.0 cm³/mol. The van der Waals surface area contributed by atoms with E-state index in [0.717, 1.165) is 21.8 Å². The van der Waals surface area contributed by atoms with E-state index in [-0.39, 0.29) is 0 Å². The van der Waals surface area contributed by atoms with Gasteiger partial charge in [0.15, 0.2) is 0 Å². The second kappa shape index (κ2) is 5.38. The molecule has 2 aromatic rings. The molecule has 1 aromatic carbocycles. The third kappa shape index (κ3) is 2.90.